The molecule has 1 aromatic carbocycles. The summed E-state index contributed by atoms with van der Waals surface area (Å²) < 4.78 is 1.77. The van der Waals surface area contributed by atoms with Gasteiger partial charge in [-0.15, -0.1) is 11.3 Å². The summed E-state index contributed by atoms with van der Waals surface area (Å²) in [4.78, 5) is 17.5. The molecule has 7 nitrogen and oxygen atoms in total. The molecule has 0 radical (unpaired) electrons. The van der Waals surface area contributed by atoms with E-state index in [2.05, 4.69) is 10.1 Å². The zero-order valence-electron chi connectivity index (χ0n) is 14.3. The zero-order chi connectivity index (χ0) is 19.1. The minimum absolute atomic E-state index is 0.0147. The molecule has 0 saturated heterocycles. The molecule has 0 unspecified atom stereocenters. The van der Waals surface area contributed by atoms with Crippen LogP contribution in [0.5, 0.6) is 0 Å². The lowest BCUT2D eigenvalue weighted by atomic mass is 10.1. The number of amidine groups is 2. The van der Waals surface area contributed by atoms with E-state index in [-0.39, 0.29) is 11.4 Å². The standard InChI is InChI=1S/C19H12N6OS2/c20-17-14(18(26)22-19-25(17)21-11-28-19)9-12-10-24(13-5-2-1-3-6-13)23-16(12)15-7-4-8-27-15/h1-11,20H/b14-9-,20-17?. The number of nitrogens with one attached hydrogen (secondary N) is 1. The van der Waals surface area contributed by atoms with Crippen molar-refractivity contribution in [3.8, 4) is 16.3 Å². The van der Waals surface area contributed by atoms with E-state index in [1.807, 2.05) is 54.0 Å². The monoisotopic (exact) mass is 404 g/mol. The molecule has 2 aliphatic heterocycles. The number of thioether (sulfide) groups is 1. The summed E-state index contributed by atoms with van der Waals surface area (Å²) in [6, 6.07) is 13.7. The van der Waals surface area contributed by atoms with Gasteiger partial charge >= 0.3 is 0 Å². The van der Waals surface area contributed by atoms with Crippen molar-refractivity contribution in [2.75, 3.05) is 0 Å². The maximum absolute atomic E-state index is 12.5. The topological polar surface area (TPSA) is 86.7 Å². The van der Waals surface area contributed by atoms with Crippen molar-refractivity contribution in [2.24, 2.45) is 10.1 Å². The Morgan fingerprint density at radius 3 is 2.75 bits per heavy atom. The smallest absolute Gasteiger partial charge is 0.282 e. The highest BCUT2D eigenvalue weighted by atomic mass is 32.2. The minimum Gasteiger partial charge on any atom is -0.282 e. The zero-order valence-corrected chi connectivity index (χ0v) is 15.9. The van der Waals surface area contributed by atoms with Crippen molar-refractivity contribution >= 4 is 51.6 Å². The number of aliphatic imine (C=N–C) groups is 1. The van der Waals surface area contributed by atoms with Crippen LogP contribution in [0, 0.1) is 5.41 Å². The van der Waals surface area contributed by atoms with Gasteiger partial charge < -0.3 is 0 Å². The second-order valence-corrected chi connectivity index (χ2v) is 7.71. The van der Waals surface area contributed by atoms with Crippen LogP contribution < -0.4 is 0 Å². The number of benzene rings is 1. The van der Waals surface area contributed by atoms with Crippen molar-refractivity contribution in [2.45, 2.75) is 0 Å². The molecule has 2 aromatic heterocycles. The van der Waals surface area contributed by atoms with Crippen LogP contribution >= 0.6 is 23.1 Å². The van der Waals surface area contributed by atoms with Gasteiger partial charge in [0.25, 0.3) is 5.91 Å². The molecular weight excluding hydrogens is 392 g/mol. The largest absolute Gasteiger partial charge is 0.283 e. The first-order chi connectivity index (χ1) is 13.7. The number of nitrogens with zero attached hydrogens (tertiary/aromatic N) is 5. The van der Waals surface area contributed by atoms with Crippen molar-refractivity contribution in [1.29, 1.82) is 5.41 Å². The van der Waals surface area contributed by atoms with Gasteiger partial charge in [0, 0.05) is 11.8 Å². The third-order valence-electron chi connectivity index (χ3n) is 4.21. The number of amides is 1. The van der Waals surface area contributed by atoms with Gasteiger partial charge in [0.1, 0.15) is 5.69 Å². The molecule has 4 heterocycles. The minimum atomic E-state index is -0.446. The molecule has 0 aliphatic carbocycles. The molecule has 2 aliphatic rings. The van der Waals surface area contributed by atoms with E-state index in [0.717, 1.165) is 21.8 Å². The predicted molar refractivity (Wildman–Crippen MR) is 113 cm³/mol. The third kappa shape index (κ3) is 2.81. The highest BCUT2D eigenvalue weighted by Crippen LogP contribution is 2.31. The Labute approximate surface area is 168 Å². The lowest BCUT2D eigenvalue weighted by Crippen LogP contribution is -2.35. The summed E-state index contributed by atoms with van der Waals surface area (Å²) in [5.41, 5.74) is 4.16. The predicted octanol–water partition coefficient (Wildman–Crippen LogP) is 3.85. The van der Waals surface area contributed by atoms with Crippen molar-refractivity contribution in [3.05, 3.63) is 65.2 Å². The maximum atomic E-state index is 12.5. The van der Waals surface area contributed by atoms with Gasteiger partial charge in [-0.05, 0) is 41.4 Å². The van der Waals surface area contributed by atoms with Crippen LogP contribution in [0.25, 0.3) is 22.3 Å². The maximum Gasteiger partial charge on any atom is 0.283 e. The molecule has 5 rings (SSSR count). The summed E-state index contributed by atoms with van der Waals surface area (Å²) in [6.07, 6.45) is 3.53. The van der Waals surface area contributed by atoms with Gasteiger partial charge in [0.15, 0.2) is 11.0 Å². The van der Waals surface area contributed by atoms with Crippen LogP contribution in [0.4, 0.5) is 0 Å². The van der Waals surface area contributed by atoms with Gasteiger partial charge in [-0.1, -0.05) is 24.3 Å². The van der Waals surface area contributed by atoms with E-state index in [0.29, 0.717) is 5.17 Å². The molecule has 28 heavy (non-hydrogen) atoms. The SMILES string of the molecule is N=C1/C(=C/c2cn(-c3ccccc3)nc2-c2cccs2)C(=O)N=C2SC=NN12. The molecular formula is C19H12N6OS2. The number of carbonyl (C=O) groups excluding carboxylic acids is 1. The fraction of sp³-hybridized carbons (Fsp3) is 0. The third-order valence-corrected chi connectivity index (χ3v) is 5.77. The molecule has 9 heteroatoms. The van der Waals surface area contributed by atoms with Gasteiger partial charge in [0.2, 0.25) is 0 Å². The fourth-order valence-corrected chi connectivity index (χ4v) is 4.24. The number of hydrogen-bond acceptors (Lipinski definition) is 6. The quantitative estimate of drug-likeness (QED) is 0.672. The summed E-state index contributed by atoms with van der Waals surface area (Å²) in [7, 11) is 0. The molecule has 3 aromatic rings. The second-order valence-electron chi connectivity index (χ2n) is 5.95. The van der Waals surface area contributed by atoms with Gasteiger partial charge in [-0.2, -0.15) is 20.2 Å². The highest BCUT2D eigenvalue weighted by molar-refractivity contribution is 8.25. The number of aromatic nitrogens is 2. The van der Waals surface area contributed by atoms with Crippen molar-refractivity contribution in [1.82, 2.24) is 14.8 Å². The number of fused-ring (bicyclic) bond motifs is 1. The summed E-state index contributed by atoms with van der Waals surface area (Å²) >= 11 is 2.79. The Hall–Kier alpha value is -3.30. The van der Waals surface area contributed by atoms with E-state index in [1.165, 1.54) is 16.8 Å². The van der Waals surface area contributed by atoms with E-state index >= 15 is 0 Å². The number of para-hydroxylation sites is 1. The van der Waals surface area contributed by atoms with Crippen LogP contribution in [-0.4, -0.2) is 37.2 Å². The Bertz CT molecular complexity index is 1170. The Balaban J connectivity index is 1.64. The molecule has 136 valence electrons. The summed E-state index contributed by atoms with van der Waals surface area (Å²) in [5.74, 6) is -0.431. The first-order valence-electron chi connectivity index (χ1n) is 8.32. The number of rotatable bonds is 3. The van der Waals surface area contributed by atoms with Gasteiger partial charge in [-0.3, -0.25) is 10.2 Å². The van der Waals surface area contributed by atoms with Gasteiger partial charge in [-0.25, -0.2) is 4.68 Å². The average Bonchev–Trinajstić information content (AvgIpc) is 3.45. The Kier molecular flexibility index (Phi) is 4.03. The Morgan fingerprint density at radius 2 is 1.96 bits per heavy atom. The molecule has 0 bridgehead atoms. The molecule has 1 amide bonds. The molecule has 0 atom stereocenters. The number of hydrogen-bond donors (Lipinski definition) is 1. The van der Waals surface area contributed by atoms with Gasteiger partial charge in [0.05, 0.1) is 21.7 Å². The normalized spacial score (nSPS) is 17.4. The first kappa shape index (κ1) is 16.8. The van der Waals surface area contributed by atoms with Crippen molar-refractivity contribution < 1.29 is 4.79 Å². The van der Waals surface area contributed by atoms with E-state index in [4.69, 9.17) is 10.5 Å². The second kappa shape index (κ2) is 6.70. The van der Waals surface area contributed by atoms with Crippen LogP contribution in [0.15, 0.2) is 69.7 Å². The number of hydrazone groups is 1. The molecule has 0 saturated carbocycles. The molecule has 1 N–H and O–H groups in total. The van der Waals surface area contributed by atoms with Crippen LogP contribution in [0.2, 0.25) is 0 Å². The fourth-order valence-electron chi connectivity index (χ4n) is 2.90. The lowest BCUT2D eigenvalue weighted by molar-refractivity contribution is -0.114. The summed E-state index contributed by atoms with van der Waals surface area (Å²) in [5, 5.41) is 20.9. The van der Waals surface area contributed by atoms with E-state index < -0.39 is 5.91 Å². The number of thiophene rings is 1. The van der Waals surface area contributed by atoms with Crippen LogP contribution in [0.3, 0.4) is 0 Å². The first-order valence-corrected chi connectivity index (χ1v) is 10.1. The van der Waals surface area contributed by atoms with Crippen LogP contribution in [0.1, 0.15) is 5.56 Å². The summed E-state index contributed by atoms with van der Waals surface area (Å²) in [6.45, 7) is 0. The molecule has 0 fully saturated rings. The van der Waals surface area contributed by atoms with E-state index in [9.17, 15) is 4.79 Å². The van der Waals surface area contributed by atoms with E-state index in [1.54, 1.807) is 27.6 Å². The van der Waals surface area contributed by atoms with Crippen LogP contribution in [-0.2, 0) is 4.79 Å². The Morgan fingerprint density at radius 1 is 1.11 bits per heavy atom. The molecule has 0 spiro atoms. The number of carbonyl (C=O) groups is 1. The lowest BCUT2D eigenvalue weighted by Gasteiger charge is -2.20. The highest BCUT2D eigenvalue weighted by Gasteiger charge is 2.33. The van der Waals surface area contributed by atoms with Crippen molar-refractivity contribution in [3.63, 3.8) is 0 Å². The average molecular weight is 404 g/mol.